The van der Waals surface area contributed by atoms with Crippen molar-refractivity contribution < 1.29 is 14.3 Å². The number of aryl methyl sites for hydroxylation is 1. The monoisotopic (exact) mass is 444 g/mol. The Morgan fingerprint density at radius 3 is 2.79 bits per heavy atom. The van der Waals surface area contributed by atoms with Gasteiger partial charge in [0.15, 0.2) is 0 Å². The first-order valence-corrected chi connectivity index (χ1v) is 12.0. The summed E-state index contributed by atoms with van der Waals surface area (Å²) in [5, 5.41) is 2.35. The van der Waals surface area contributed by atoms with Gasteiger partial charge in [0, 0.05) is 50.0 Å². The molecule has 0 radical (unpaired) electrons. The smallest absolute Gasteiger partial charge is 0.233 e. The van der Waals surface area contributed by atoms with Crippen molar-refractivity contribution in [2.24, 2.45) is 5.92 Å². The molecule has 0 aliphatic carbocycles. The molecule has 0 unspecified atom stereocenters. The first-order valence-electron chi connectivity index (χ1n) is 12.0. The maximum atomic E-state index is 14.1. The number of pyridine rings is 1. The third-order valence-electron chi connectivity index (χ3n) is 7.18. The van der Waals surface area contributed by atoms with Crippen LogP contribution in [0.5, 0.6) is 0 Å². The van der Waals surface area contributed by atoms with Gasteiger partial charge in [-0.2, -0.15) is 0 Å². The molecule has 172 valence electrons. The first-order chi connectivity index (χ1) is 16.1. The molecule has 0 N–H and O–H groups in total. The van der Waals surface area contributed by atoms with Crippen molar-refractivity contribution in [3.05, 3.63) is 77.6 Å². The quantitative estimate of drug-likeness (QED) is 0.602. The number of hydrogen-bond acceptors (Lipinski definition) is 4. The van der Waals surface area contributed by atoms with Crippen molar-refractivity contribution in [3.63, 3.8) is 0 Å². The summed E-state index contributed by atoms with van der Waals surface area (Å²) in [5.41, 5.74) is 3.07. The molecule has 33 heavy (non-hydrogen) atoms. The SMILES string of the molecule is Cc1cccc(C2(C(=O)N3CCOC[C@@H](Cc4ccc5ccncc5c4)C3)CCOCC2)c1. The molecule has 5 heteroatoms. The summed E-state index contributed by atoms with van der Waals surface area (Å²) in [6.45, 7) is 5.97. The van der Waals surface area contributed by atoms with E-state index >= 15 is 0 Å². The van der Waals surface area contributed by atoms with E-state index in [1.54, 1.807) is 0 Å². The number of rotatable bonds is 4. The number of nitrogens with zero attached hydrogens (tertiary/aromatic N) is 2. The normalized spacial score (nSPS) is 21.0. The van der Waals surface area contributed by atoms with E-state index in [0.29, 0.717) is 33.0 Å². The lowest BCUT2D eigenvalue weighted by Gasteiger charge is -2.40. The number of fused-ring (bicyclic) bond motifs is 1. The highest BCUT2D eigenvalue weighted by Gasteiger charge is 2.44. The van der Waals surface area contributed by atoms with Gasteiger partial charge in [-0.25, -0.2) is 0 Å². The Kier molecular flexibility index (Phi) is 6.43. The third-order valence-corrected chi connectivity index (χ3v) is 7.18. The molecule has 1 amide bonds. The van der Waals surface area contributed by atoms with Crippen LogP contribution >= 0.6 is 0 Å². The second-order valence-corrected chi connectivity index (χ2v) is 9.52. The average molecular weight is 445 g/mol. The van der Waals surface area contributed by atoms with Crippen molar-refractivity contribution in [1.82, 2.24) is 9.88 Å². The Hall–Kier alpha value is -2.76. The fourth-order valence-corrected chi connectivity index (χ4v) is 5.37. The molecule has 3 heterocycles. The number of carbonyl (C=O) groups excluding carboxylic acids is 1. The number of hydrogen-bond donors (Lipinski definition) is 0. The van der Waals surface area contributed by atoms with Crippen LogP contribution in [0, 0.1) is 12.8 Å². The van der Waals surface area contributed by atoms with Gasteiger partial charge in [0.05, 0.1) is 18.6 Å². The van der Waals surface area contributed by atoms with Gasteiger partial charge in [-0.1, -0.05) is 42.0 Å². The molecule has 1 atom stereocenters. The average Bonchev–Trinajstić information content (AvgIpc) is 3.09. The van der Waals surface area contributed by atoms with Gasteiger partial charge < -0.3 is 14.4 Å². The van der Waals surface area contributed by atoms with Gasteiger partial charge in [-0.3, -0.25) is 9.78 Å². The van der Waals surface area contributed by atoms with Crippen LogP contribution in [0.3, 0.4) is 0 Å². The molecule has 0 bridgehead atoms. The van der Waals surface area contributed by atoms with E-state index in [-0.39, 0.29) is 11.8 Å². The van der Waals surface area contributed by atoms with Crippen LogP contribution in [0.1, 0.15) is 29.5 Å². The highest BCUT2D eigenvalue weighted by molar-refractivity contribution is 5.88. The highest BCUT2D eigenvalue weighted by Crippen LogP contribution is 2.37. The van der Waals surface area contributed by atoms with Gasteiger partial charge in [0.25, 0.3) is 0 Å². The Bertz CT molecular complexity index is 1120. The molecule has 5 rings (SSSR count). The van der Waals surface area contributed by atoms with E-state index in [1.807, 2.05) is 18.5 Å². The number of ether oxygens (including phenoxy) is 2. The van der Waals surface area contributed by atoms with Crippen molar-refractivity contribution in [3.8, 4) is 0 Å². The van der Waals surface area contributed by atoms with Crippen molar-refractivity contribution in [2.75, 3.05) is 39.5 Å². The molecule has 2 aromatic carbocycles. The molecule has 0 saturated carbocycles. The minimum Gasteiger partial charge on any atom is -0.381 e. The maximum absolute atomic E-state index is 14.1. The summed E-state index contributed by atoms with van der Waals surface area (Å²) < 4.78 is 11.6. The molecule has 0 spiro atoms. The molecular weight excluding hydrogens is 412 g/mol. The van der Waals surface area contributed by atoms with Gasteiger partial charge in [-0.05, 0) is 54.8 Å². The lowest BCUT2D eigenvalue weighted by molar-refractivity contribution is -0.141. The molecule has 2 aliphatic heterocycles. The summed E-state index contributed by atoms with van der Waals surface area (Å²) in [5.74, 6) is 0.495. The van der Waals surface area contributed by atoms with Crippen LogP contribution in [0.4, 0.5) is 0 Å². The summed E-state index contributed by atoms with van der Waals surface area (Å²) in [6, 6.07) is 17.0. The number of benzene rings is 2. The summed E-state index contributed by atoms with van der Waals surface area (Å²) in [4.78, 5) is 20.4. The van der Waals surface area contributed by atoms with Crippen LogP contribution in [0.25, 0.3) is 10.8 Å². The summed E-state index contributed by atoms with van der Waals surface area (Å²) in [7, 11) is 0. The molecule has 2 aliphatic rings. The fraction of sp³-hybridized carbons (Fsp3) is 0.429. The number of carbonyl (C=O) groups is 1. The standard InChI is InChI=1S/C28H32N2O3/c1-21-3-2-4-26(15-21)28(8-12-32-13-9-28)27(31)30-11-14-33-20-23(19-30)16-22-5-6-24-7-10-29-18-25(24)17-22/h2-7,10,15,17-18,23H,8-9,11-14,16,19-20H2,1H3/t23-/m0/s1. The van der Waals surface area contributed by atoms with Gasteiger partial charge in [-0.15, -0.1) is 0 Å². The van der Waals surface area contributed by atoms with Crippen LogP contribution in [0.15, 0.2) is 60.9 Å². The van der Waals surface area contributed by atoms with Crippen molar-refractivity contribution >= 4 is 16.7 Å². The van der Waals surface area contributed by atoms with Crippen molar-refractivity contribution in [2.45, 2.75) is 31.6 Å². The van der Waals surface area contributed by atoms with E-state index in [2.05, 4.69) is 59.3 Å². The zero-order valence-corrected chi connectivity index (χ0v) is 19.3. The summed E-state index contributed by atoms with van der Waals surface area (Å²) in [6.07, 6.45) is 6.08. The largest absolute Gasteiger partial charge is 0.381 e. The van der Waals surface area contributed by atoms with Gasteiger partial charge in [0.1, 0.15) is 0 Å². The lowest BCUT2D eigenvalue weighted by Crippen LogP contribution is -2.51. The Morgan fingerprint density at radius 2 is 1.94 bits per heavy atom. The van der Waals surface area contributed by atoms with E-state index in [9.17, 15) is 4.79 Å². The van der Waals surface area contributed by atoms with Crippen molar-refractivity contribution in [1.29, 1.82) is 0 Å². The predicted octanol–water partition coefficient (Wildman–Crippen LogP) is 4.31. The number of aromatic nitrogens is 1. The van der Waals surface area contributed by atoms with E-state index in [4.69, 9.17) is 9.47 Å². The zero-order valence-electron chi connectivity index (χ0n) is 19.3. The minimum absolute atomic E-state index is 0.231. The van der Waals surface area contributed by atoms with Crippen LogP contribution < -0.4 is 0 Å². The second-order valence-electron chi connectivity index (χ2n) is 9.52. The molecule has 3 aromatic rings. The van der Waals surface area contributed by atoms with Gasteiger partial charge in [0.2, 0.25) is 5.91 Å². The minimum atomic E-state index is -0.506. The van der Waals surface area contributed by atoms with E-state index in [1.165, 1.54) is 16.5 Å². The Labute approximate surface area is 195 Å². The Balaban J connectivity index is 1.38. The number of amides is 1. The Morgan fingerprint density at radius 1 is 1.06 bits per heavy atom. The third kappa shape index (κ3) is 4.66. The highest BCUT2D eigenvalue weighted by atomic mass is 16.5. The topological polar surface area (TPSA) is 51.7 Å². The van der Waals surface area contributed by atoms with Gasteiger partial charge >= 0.3 is 0 Å². The van der Waals surface area contributed by atoms with Crippen LogP contribution in [0.2, 0.25) is 0 Å². The molecule has 5 nitrogen and oxygen atoms in total. The molecule has 1 aromatic heterocycles. The van der Waals surface area contributed by atoms with Crippen LogP contribution in [-0.4, -0.2) is 55.3 Å². The predicted molar refractivity (Wildman–Crippen MR) is 129 cm³/mol. The second kappa shape index (κ2) is 9.62. The van der Waals surface area contributed by atoms with E-state index < -0.39 is 5.41 Å². The molecular formula is C28H32N2O3. The molecule has 2 fully saturated rings. The maximum Gasteiger partial charge on any atom is 0.233 e. The first kappa shape index (κ1) is 22.1. The van der Waals surface area contributed by atoms with Crippen LogP contribution in [-0.2, 0) is 26.1 Å². The van der Waals surface area contributed by atoms with E-state index in [0.717, 1.165) is 36.8 Å². The zero-order chi connectivity index (χ0) is 22.7. The summed E-state index contributed by atoms with van der Waals surface area (Å²) >= 11 is 0. The fourth-order valence-electron chi connectivity index (χ4n) is 5.37. The molecule has 2 saturated heterocycles. The lowest BCUT2D eigenvalue weighted by atomic mass is 9.72.